The van der Waals surface area contributed by atoms with Crippen molar-refractivity contribution < 1.29 is 9.53 Å². The van der Waals surface area contributed by atoms with Crippen molar-refractivity contribution in [2.75, 3.05) is 6.61 Å². The van der Waals surface area contributed by atoms with E-state index in [4.69, 9.17) is 4.74 Å². The summed E-state index contributed by atoms with van der Waals surface area (Å²) in [5.74, 6) is 0.610. The molecule has 0 radical (unpaired) electrons. The van der Waals surface area contributed by atoms with E-state index in [1.807, 2.05) is 13.8 Å². The number of carbonyl (C=O) groups excluding carboxylic acids is 1. The van der Waals surface area contributed by atoms with Gasteiger partial charge in [0, 0.05) is 12.3 Å². The van der Waals surface area contributed by atoms with Gasteiger partial charge in [0.25, 0.3) is 6.47 Å². The van der Waals surface area contributed by atoms with Gasteiger partial charge in [-0.05, 0) is 26.7 Å². The quantitative estimate of drug-likeness (QED) is 0.559. The molecule has 1 fully saturated rings. The minimum absolute atomic E-state index is 0.381. The molecular weight excluding hydrogens is 204 g/mol. The summed E-state index contributed by atoms with van der Waals surface area (Å²) in [4.78, 5) is 19.2. The second kappa shape index (κ2) is 4.60. The first-order valence-corrected chi connectivity index (χ1v) is 5.61. The Morgan fingerprint density at radius 3 is 2.69 bits per heavy atom. The van der Waals surface area contributed by atoms with E-state index in [0.29, 0.717) is 25.4 Å². The normalized spacial score (nSPS) is 14.9. The zero-order chi connectivity index (χ0) is 11.5. The summed E-state index contributed by atoms with van der Waals surface area (Å²) in [7, 11) is 0. The van der Waals surface area contributed by atoms with Crippen LogP contribution in [-0.2, 0) is 16.0 Å². The first-order chi connectivity index (χ1) is 7.72. The average Bonchev–Trinajstić information content (AvgIpc) is 3.05. The van der Waals surface area contributed by atoms with Gasteiger partial charge in [0.05, 0.1) is 29.4 Å². The van der Waals surface area contributed by atoms with Gasteiger partial charge in [-0.2, -0.15) is 0 Å². The van der Waals surface area contributed by atoms with E-state index in [1.54, 1.807) is 0 Å². The first-order valence-electron chi connectivity index (χ1n) is 5.61. The van der Waals surface area contributed by atoms with E-state index in [0.717, 1.165) is 22.8 Å². The van der Waals surface area contributed by atoms with Crippen molar-refractivity contribution in [3.8, 4) is 0 Å². The summed E-state index contributed by atoms with van der Waals surface area (Å²) >= 11 is 0. The molecule has 0 atom stereocenters. The van der Waals surface area contributed by atoms with Gasteiger partial charge in [-0.1, -0.05) is 0 Å². The second-order valence-corrected chi connectivity index (χ2v) is 4.22. The molecule has 1 aromatic heterocycles. The van der Waals surface area contributed by atoms with Crippen molar-refractivity contribution in [2.45, 2.75) is 39.0 Å². The molecular formula is C12H16N2O2. The van der Waals surface area contributed by atoms with Crippen molar-refractivity contribution in [3.05, 3.63) is 22.8 Å². The van der Waals surface area contributed by atoms with Gasteiger partial charge in [0.15, 0.2) is 0 Å². The number of nitrogens with zero attached hydrogens (tertiary/aromatic N) is 2. The SMILES string of the molecule is Cc1nc(C)c(C2CC2)nc1CCOC=O. The lowest BCUT2D eigenvalue weighted by molar-refractivity contribution is -0.128. The Kier molecular flexibility index (Phi) is 3.17. The molecule has 0 aromatic carbocycles. The van der Waals surface area contributed by atoms with Gasteiger partial charge in [-0.15, -0.1) is 0 Å². The molecule has 0 aliphatic heterocycles. The van der Waals surface area contributed by atoms with Gasteiger partial charge >= 0.3 is 0 Å². The maximum atomic E-state index is 10.1. The summed E-state index contributed by atoms with van der Waals surface area (Å²) < 4.78 is 4.69. The highest BCUT2D eigenvalue weighted by Gasteiger charge is 2.27. The molecule has 1 aliphatic carbocycles. The molecule has 0 saturated heterocycles. The molecule has 1 saturated carbocycles. The molecule has 4 heteroatoms. The Morgan fingerprint density at radius 2 is 2.06 bits per heavy atom. The maximum absolute atomic E-state index is 10.1. The maximum Gasteiger partial charge on any atom is 0.293 e. The number of hydrogen-bond donors (Lipinski definition) is 0. The van der Waals surface area contributed by atoms with Crippen LogP contribution in [0.4, 0.5) is 0 Å². The highest BCUT2D eigenvalue weighted by Crippen LogP contribution is 2.40. The number of carbonyl (C=O) groups is 1. The summed E-state index contributed by atoms with van der Waals surface area (Å²) in [5.41, 5.74) is 4.07. The standard InChI is InChI=1S/C12H16N2O2/c1-8-11(5-6-16-7-15)14-12(9(2)13-8)10-3-4-10/h7,10H,3-6H2,1-2H3. The number of ether oxygens (including phenoxy) is 1. The molecule has 16 heavy (non-hydrogen) atoms. The number of hydrogen-bond acceptors (Lipinski definition) is 4. The lowest BCUT2D eigenvalue weighted by atomic mass is 10.2. The zero-order valence-corrected chi connectivity index (χ0v) is 9.69. The van der Waals surface area contributed by atoms with Gasteiger partial charge in [0.2, 0.25) is 0 Å². The number of aryl methyl sites for hydroxylation is 2. The minimum Gasteiger partial charge on any atom is -0.467 e. The smallest absolute Gasteiger partial charge is 0.293 e. The van der Waals surface area contributed by atoms with E-state index in [9.17, 15) is 4.79 Å². The predicted octanol–water partition coefficient (Wildman–Crippen LogP) is 1.69. The third-order valence-electron chi connectivity index (χ3n) is 2.87. The molecule has 0 amide bonds. The lowest BCUT2D eigenvalue weighted by Gasteiger charge is -2.09. The summed E-state index contributed by atoms with van der Waals surface area (Å²) in [6.07, 6.45) is 3.10. The molecule has 0 spiro atoms. The van der Waals surface area contributed by atoms with Crippen LogP contribution in [0.3, 0.4) is 0 Å². The van der Waals surface area contributed by atoms with Crippen LogP contribution in [0.2, 0.25) is 0 Å². The predicted molar refractivity (Wildman–Crippen MR) is 59.2 cm³/mol. The minimum atomic E-state index is 0.381. The number of aromatic nitrogens is 2. The van der Waals surface area contributed by atoms with Crippen molar-refractivity contribution in [2.24, 2.45) is 0 Å². The van der Waals surface area contributed by atoms with Crippen LogP contribution in [0.5, 0.6) is 0 Å². The van der Waals surface area contributed by atoms with Gasteiger partial charge in [-0.3, -0.25) is 14.8 Å². The monoisotopic (exact) mass is 220 g/mol. The first kappa shape index (κ1) is 11.0. The Labute approximate surface area is 95.1 Å². The van der Waals surface area contributed by atoms with E-state index >= 15 is 0 Å². The molecule has 0 bridgehead atoms. The highest BCUT2D eigenvalue weighted by atomic mass is 16.5. The van der Waals surface area contributed by atoms with Crippen molar-refractivity contribution in [1.82, 2.24) is 9.97 Å². The molecule has 1 heterocycles. The van der Waals surface area contributed by atoms with Crippen LogP contribution in [0.1, 0.15) is 41.5 Å². The highest BCUT2D eigenvalue weighted by molar-refractivity contribution is 5.37. The Morgan fingerprint density at radius 1 is 1.31 bits per heavy atom. The molecule has 86 valence electrons. The third kappa shape index (κ3) is 2.38. The topological polar surface area (TPSA) is 52.1 Å². The molecule has 1 aromatic rings. The fraction of sp³-hybridized carbons (Fsp3) is 0.583. The molecule has 1 aliphatic rings. The molecule has 0 unspecified atom stereocenters. The third-order valence-corrected chi connectivity index (χ3v) is 2.87. The average molecular weight is 220 g/mol. The van der Waals surface area contributed by atoms with Gasteiger partial charge < -0.3 is 4.74 Å². The van der Waals surface area contributed by atoms with Crippen molar-refractivity contribution >= 4 is 6.47 Å². The largest absolute Gasteiger partial charge is 0.467 e. The van der Waals surface area contributed by atoms with Gasteiger partial charge in [0.1, 0.15) is 0 Å². The van der Waals surface area contributed by atoms with Gasteiger partial charge in [-0.25, -0.2) is 0 Å². The van der Waals surface area contributed by atoms with Crippen LogP contribution in [0, 0.1) is 13.8 Å². The Hall–Kier alpha value is -1.45. The van der Waals surface area contributed by atoms with Crippen LogP contribution in [-0.4, -0.2) is 23.0 Å². The summed E-state index contributed by atoms with van der Waals surface area (Å²) in [6, 6.07) is 0. The fourth-order valence-electron chi connectivity index (χ4n) is 1.86. The Bertz CT molecular complexity index is 400. The fourth-order valence-corrected chi connectivity index (χ4v) is 1.86. The summed E-state index contributed by atoms with van der Waals surface area (Å²) in [5, 5.41) is 0. The van der Waals surface area contributed by atoms with E-state index in [2.05, 4.69) is 9.97 Å². The summed E-state index contributed by atoms with van der Waals surface area (Å²) in [6.45, 7) is 4.82. The van der Waals surface area contributed by atoms with E-state index in [-0.39, 0.29) is 0 Å². The van der Waals surface area contributed by atoms with Crippen LogP contribution < -0.4 is 0 Å². The van der Waals surface area contributed by atoms with E-state index in [1.165, 1.54) is 12.8 Å². The van der Waals surface area contributed by atoms with Crippen LogP contribution in [0.25, 0.3) is 0 Å². The Balaban J connectivity index is 2.16. The second-order valence-electron chi connectivity index (χ2n) is 4.22. The van der Waals surface area contributed by atoms with Crippen LogP contribution in [0.15, 0.2) is 0 Å². The zero-order valence-electron chi connectivity index (χ0n) is 9.69. The van der Waals surface area contributed by atoms with E-state index < -0.39 is 0 Å². The molecule has 2 rings (SSSR count). The molecule has 4 nitrogen and oxygen atoms in total. The van der Waals surface area contributed by atoms with Crippen molar-refractivity contribution in [1.29, 1.82) is 0 Å². The van der Waals surface area contributed by atoms with Crippen molar-refractivity contribution in [3.63, 3.8) is 0 Å². The lowest BCUT2D eigenvalue weighted by Crippen LogP contribution is -2.07. The molecule has 0 N–H and O–H groups in total. The van der Waals surface area contributed by atoms with Crippen LogP contribution >= 0.6 is 0 Å². The number of rotatable bonds is 5.